The van der Waals surface area contributed by atoms with Crippen LogP contribution in [0.4, 0.5) is 0 Å². The van der Waals surface area contributed by atoms with E-state index in [1.165, 1.54) is 0 Å². The molecule has 0 radical (unpaired) electrons. The summed E-state index contributed by atoms with van der Waals surface area (Å²) in [7, 11) is 0. The molecule has 1 amide bonds. The van der Waals surface area contributed by atoms with E-state index in [1.54, 1.807) is 25.1 Å². The average molecular weight is 359 g/mol. The Kier molecular flexibility index (Phi) is 5.30. The van der Waals surface area contributed by atoms with Gasteiger partial charge in [-0.3, -0.25) is 9.69 Å². The predicted octanol–water partition coefficient (Wildman–Crippen LogP) is 3.87. The number of hydrogen-bond acceptors (Lipinski definition) is 3. The van der Waals surface area contributed by atoms with Crippen LogP contribution in [0.5, 0.6) is 5.75 Å². The molecule has 3 rings (SSSR count). The number of amides is 1. The Morgan fingerprint density at radius 1 is 1.08 bits per heavy atom. The van der Waals surface area contributed by atoms with Crippen LogP contribution in [0.2, 0.25) is 5.02 Å². The maximum atomic E-state index is 12.7. The molecule has 0 aromatic heterocycles. The quantitative estimate of drug-likeness (QED) is 0.905. The van der Waals surface area contributed by atoms with Gasteiger partial charge in [0.15, 0.2) is 0 Å². The highest BCUT2D eigenvalue weighted by molar-refractivity contribution is 6.31. The van der Waals surface area contributed by atoms with Crippen LogP contribution in [0, 0.1) is 6.92 Å². The van der Waals surface area contributed by atoms with Gasteiger partial charge in [-0.05, 0) is 37.1 Å². The van der Waals surface area contributed by atoms with Crippen LogP contribution in [0.15, 0.2) is 42.5 Å². The number of aryl methyl sites for hydroxylation is 1. The summed E-state index contributed by atoms with van der Waals surface area (Å²) in [6.45, 7) is 6.79. The standard InChI is InChI=1S/C20H23ClN2O2/c1-14-6-5-8-17(19(14)24)20(25)23-12-10-22(11-13-23)15(2)16-7-3-4-9-18(16)21/h3-9,15,24H,10-13H2,1-2H3. The van der Waals surface area contributed by atoms with Crippen molar-refractivity contribution in [2.45, 2.75) is 19.9 Å². The fourth-order valence-electron chi connectivity index (χ4n) is 3.32. The lowest BCUT2D eigenvalue weighted by Gasteiger charge is -2.38. The van der Waals surface area contributed by atoms with Crippen molar-refractivity contribution in [2.24, 2.45) is 0 Å². The highest BCUT2D eigenvalue weighted by Crippen LogP contribution is 2.28. The van der Waals surface area contributed by atoms with E-state index in [9.17, 15) is 9.90 Å². The van der Waals surface area contributed by atoms with Gasteiger partial charge >= 0.3 is 0 Å². The Morgan fingerprint density at radius 2 is 1.76 bits per heavy atom. The third kappa shape index (κ3) is 3.65. The third-order valence-corrected chi connectivity index (χ3v) is 5.32. The van der Waals surface area contributed by atoms with E-state index in [0.29, 0.717) is 18.7 Å². The van der Waals surface area contributed by atoms with Crippen LogP contribution in [-0.4, -0.2) is 47.0 Å². The largest absolute Gasteiger partial charge is 0.507 e. The molecule has 1 aliphatic heterocycles. The highest BCUT2D eigenvalue weighted by Gasteiger charge is 2.27. The molecule has 0 spiro atoms. The van der Waals surface area contributed by atoms with Gasteiger partial charge in [0, 0.05) is 37.2 Å². The summed E-state index contributed by atoms with van der Waals surface area (Å²) in [5.74, 6) is -0.0226. The Hall–Kier alpha value is -2.04. The first-order valence-electron chi connectivity index (χ1n) is 8.55. The van der Waals surface area contributed by atoms with Gasteiger partial charge in [-0.15, -0.1) is 0 Å². The predicted molar refractivity (Wildman–Crippen MR) is 100 cm³/mol. The minimum atomic E-state index is -0.105. The second-order valence-corrected chi connectivity index (χ2v) is 6.90. The van der Waals surface area contributed by atoms with Crippen LogP contribution in [-0.2, 0) is 0 Å². The SMILES string of the molecule is Cc1cccc(C(=O)N2CCN(C(C)c3ccccc3Cl)CC2)c1O. The molecule has 1 fully saturated rings. The van der Waals surface area contributed by atoms with Gasteiger partial charge in [0.2, 0.25) is 0 Å². The zero-order valence-corrected chi connectivity index (χ0v) is 15.3. The number of carbonyl (C=O) groups excluding carboxylic acids is 1. The molecule has 2 aromatic carbocycles. The number of benzene rings is 2. The van der Waals surface area contributed by atoms with Crippen molar-refractivity contribution in [3.05, 3.63) is 64.2 Å². The summed E-state index contributed by atoms with van der Waals surface area (Å²) >= 11 is 6.31. The zero-order valence-electron chi connectivity index (χ0n) is 14.6. The van der Waals surface area contributed by atoms with E-state index in [1.807, 2.05) is 23.1 Å². The molecule has 25 heavy (non-hydrogen) atoms. The van der Waals surface area contributed by atoms with Gasteiger partial charge in [0.05, 0.1) is 5.56 Å². The number of para-hydroxylation sites is 1. The number of hydrogen-bond donors (Lipinski definition) is 1. The molecule has 0 aliphatic carbocycles. The molecule has 1 N–H and O–H groups in total. The summed E-state index contributed by atoms with van der Waals surface area (Å²) in [6, 6.07) is 13.4. The first-order valence-corrected chi connectivity index (χ1v) is 8.93. The molecular formula is C20H23ClN2O2. The summed E-state index contributed by atoms with van der Waals surface area (Å²) in [6.07, 6.45) is 0. The third-order valence-electron chi connectivity index (χ3n) is 4.97. The number of aromatic hydroxyl groups is 1. The van der Waals surface area contributed by atoms with E-state index in [0.717, 1.165) is 29.2 Å². The van der Waals surface area contributed by atoms with Gasteiger partial charge in [0.25, 0.3) is 5.91 Å². The molecule has 0 saturated carbocycles. The second-order valence-electron chi connectivity index (χ2n) is 6.50. The van der Waals surface area contributed by atoms with Gasteiger partial charge < -0.3 is 10.0 Å². The maximum absolute atomic E-state index is 12.7. The smallest absolute Gasteiger partial charge is 0.257 e. The van der Waals surface area contributed by atoms with Crippen molar-refractivity contribution in [3.8, 4) is 5.75 Å². The van der Waals surface area contributed by atoms with E-state index in [-0.39, 0.29) is 17.7 Å². The lowest BCUT2D eigenvalue weighted by atomic mass is 10.1. The van der Waals surface area contributed by atoms with Crippen LogP contribution in [0.25, 0.3) is 0 Å². The lowest BCUT2D eigenvalue weighted by Crippen LogP contribution is -2.49. The number of piperazine rings is 1. The fraction of sp³-hybridized carbons (Fsp3) is 0.350. The Labute approximate surface area is 153 Å². The molecule has 0 bridgehead atoms. The molecule has 4 nitrogen and oxygen atoms in total. The van der Waals surface area contributed by atoms with Crippen molar-refractivity contribution in [1.29, 1.82) is 0 Å². The molecule has 1 heterocycles. The van der Waals surface area contributed by atoms with Crippen LogP contribution in [0.1, 0.15) is 34.5 Å². The second kappa shape index (κ2) is 7.46. The molecule has 1 atom stereocenters. The highest BCUT2D eigenvalue weighted by atomic mass is 35.5. The minimum Gasteiger partial charge on any atom is -0.507 e. The molecular weight excluding hydrogens is 336 g/mol. The minimum absolute atomic E-state index is 0.0827. The van der Waals surface area contributed by atoms with Crippen molar-refractivity contribution in [3.63, 3.8) is 0 Å². The number of rotatable bonds is 3. The van der Waals surface area contributed by atoms with Gasteiger partial charge in [-0.1, -0.05) is 41.9 Å². The van der Waals surface area contributed by atoms with Crippen LogP contribution >= 0.6 is 11.6 Å². The van der Waals surface area contributed by atoms with Crippen LogP contribution < -0.4 is 0 Å². The maximum Gasteiger partial charge on any atom is 0.257 e. The van der Waals surface area contributed by atoms with Crippen LogP contribution in [0.3, 0.4) is 0 Å². The summed E-state index contributed by atoms with van der Waals surface area (Å²) in [4.78, 5) is 16.8. The van der Waals surface area contributed by atoms with Crippen molar-refractivity contribution in [2.75, 3.05) is 26.2 Å². The number of nitrogens with zero attached hydrogens (tertiary/aromatic N) is 2. The normalized spacial score (nSPS) is 16.7. The van der Waals surface area contributed by atoms with Gasteiger partial charge in [-0.2, -0.15) is 0 Å². The fourth-order valence-corrected chi connectivity index (χ4v) is 3.62. The van der Waals surface area contributed by atoms with E-state index >= 15 is 0 Å². The summed E-state index contributed by atoms with van der Waals surface area (Å²) in [5.41, 5.74) is 2.21. The Balaban J connectivity index is 1.67. The average Bonchev–Trinajstić information content (AvgIpc) is 2.63. The number of phenolic OH excluding ortho intramolecular Hbond substituents is 1. The monoisotopic (exact) mass is 358 g/mol. The van der Waals surface area contributed by atoms with E-state index in [4.69, 9.17) is 11.6 Å². The first-order chi connectivity index (χ1) is 12.0. The molecule has 1 aliphatic rings. The van der Waals surface area contributed by atoms with Gasteiger partial charge in [0.1, 0.15) is 5.75 Å². The number of halogens is 1. The van der Waals surface area contributed by atoms with Crippen molar-refractivity contribution < 1.29 is 9.90 Å². The molecule has 5 heteroatoms. The molecule has 2 aromatic rings. The molecule has 132 valence electrons. The molecule has 1 saturated heterocycles. The summed E-state index contributed by atoms with van der Waals surface area (Å²) < 4.78 is 0. The number of carbonyl (C=O) groups is 1. The van der Waals surface area contributed by atoms with E-state index in [2.05, 4.69) is 17.9 Å². The van der Waals surface area contributed by atoms with Crippen molar-refractivity contribution in [1.82, 2.24) is 9.80 Å². The van der Waals surface area contributed by atoms with Gasteiger partial charge in [-0.25, -0.2) is 0 Å². The topological polar surface area (TPSA) is 43.8 Å². The zero-order chi connectivity index (χ0) is 18.0. The number of phenols is 1. The lowest BCUT2D eigenvalue weighted by molar-refractivity contribution is 0.0579. The Bertz CT molecular complexity index is 770. The first kappa shape index (κ1) is 17.8. The van der Waals surface area contributed by atoms with E-state index < -0.39 is 0 Å². The van der Waals surface area contributed by atoms with Crippen molar-refractivity contribution >= 4 is 17.5 Å². The molecule has 1 unspecified atom stereocenters. The summed E-state index contributed by atoms with van der Waals surface area (Å²) in [5, 5.41) is 10.9. The Morgan fingerprint density at radius 3 is 2.44 bits per heavy atom.